The van der Waals surface area contributed by atoms with Crippen molar-refractivity contribution < 1.29 is 9.59 Å². The molecule has 2 aromatic rings. The van der Waals surface area contributed by atoms with Gasteiger partial charge in [0.15, 0.2) is 0 Å². The molecule has 2 N–H and O–H groups in total. The van der Waals surface area contributed by atoms with Gasteiger partial charge in [-0.1, -0.05) is 60.7 Å². The molecule has 3 rings (SSSR count). The van der Waals surface area contributed by atoms with E-state index < -0.39 is 0 Å². The van der Waals surface area contributed by atoms with Crippen LogP contribution in [0.5, 0.6) is 0 Å². The Hall–Kier alpha value is -2.66. The molecule has 1 heterocycles. The molecule has 154 valence electrons. The highest BCUT2D eigenvalue weighted by Gasteiger charge is 2.23. The first-order chi connectivity index (χ1) is 14.1. The van der Waals surface area contributed by atoms with E-state index in [-0.39, 0.29) is 24.3 Å². The third-order valence-electron chi connectivity index (χ3n) is 5.52. The van der Waals surface area contributed by atoms with Crippen molar-refractivity contribution in [1.82, 2.24) is 9.80 Å². The highest BCUT2D eigenvalue weighted by molar-refractivity contribution is 5.77. The molecule has 5 nitrogen and oxygen atoms in total. The lowest BCUT2D eigenvalue weighted by Crippen LogP contribution is -2.38. The molecule has 1 fully saturated rings. The summed E-state index contributed by atoms with van der Waals surface area (Å²) in [6.07, 6.45) is 3.20. The van der Waals surface area contributed by atoms with Gasteiger partial charge in [0.05, 0.1) is 6.54 Å². The van der Waals surface area contributed by atoms with Gasteiger partial charge in [0.25, 0.3) is 0 Å². The molecule has 1 saturated heterocycles. The maximum atomic E-state index is 13.1. The van der Waals surface area contributed by atoms with Gasteiger partial charge in [-0.3, -0.25) is 14.5 Å². The number of carbonyl (C=O) groups excluding carboxylic acids is 2. The molecule has 5 heteroatoms. The Kier molecular flexibility index (Phi) is 7.82. The average Bonchev–Trinajstić information content (AvgIpc) is 2.94. The van der Waals surface area contributed by atoms with E-state index >= 15 is 0 Å². The Morgan fingerprint density at radius 3 is 1.97 bits per heavy atom. The second-order valence-corrected chi connectivity index (χ2v) is 7.93. The fraction of sp³-hybridized carbons (Fsp3) is 0.417. The van der Waals surface area contributed by atoms with E-state index in [4.69, 9.17) is 5.73 Å². The summed E-state index contributed by atoms with van der Waals surface area (Å²) in [7, 11) is 0. The van der Waals surface area contributed by atoms with Crippen LogP contribution in [0.15, 0.2) is 60.7 Å². The zero-order chi connectivity index (χ0) is 20.5. The number of nitrogens with zero attached hydrogens (tertiary/aromatic N) is 2. The molecular weight excluding hydrogens is 362 g/mol. The Morgan fingerprint density at radius 1 is 0.828 bits per heavy atom. The van der Waals surface area contributed by atoms with Crippen molar-refractivity contribution in [3.05, 3.63) is 71.8 Å². The van der Waals surface area contributed by atoms with Crippen molar-refractivity contribution in [1.29, 1.82) is 0 Å². The summed E-state index contributed by atoms with van der Waals surface area (Å²) in [5, 5.41) is 0. The van der Waals surface area contributed by atoms with Crippen molar-refractivity contribution in [2.75, 3.05) is 32.7 Å². The normalized spacial score (nSPS) is 15.3. The summed E-state index contributed by atoms with van der Waals surface area (Å²) in [5.74, 6) is 0.163. The van der Waals surface area contributed by atoms with E-state index in [1.54, 1.807) is 0 Å². The van der Waals surface area contributed by atoms with E-state index in [0.29, 0.717) is 19.5 Å². The third kappa shape index (κ3) is 7.02. The molecule has 1 aliphatic heterocycles. The van der Waals surface area contributed by atoms with Crippen LogP contribution in [0.3, 0.4) is 0 Å². The minimum Gasteiger partial charge on any atom is -0.369 e. The van der Waals surface area contributed by atoms with Crippen LogP contribution >= 0.6 is 0 Å². The zero-order valence-corrected chi connectivity index (χ0v) is 17.0. The Balaban J connectivity index is 1.63. The summed E-state index contributed by atoms with van der Waals surface area (Å²) in [5.41, 5.74) is 7.86. The van der Waals surface area contributed by atoms with Crippen molar-refractivity contribution in [3.8, 4) is 0 Å². The van der Waals surface area contributed by atoms with Crippen molar-refractivity contribution >= 4 is 11.8 Å². The molecule has 1 aliphatic rings. The first kappa shape index (κ1) is 21.1. The van der Waals surface area contributed by atoms with Gasteiger partial charge in [-0.25, -0.2) is 0 Å². The average molecular weight is 394 g/mol. The van der Waals surface area contributed by atoms with Gasteiger partial charge in [0, 0.05) is 32.6 Å². The summed E-state index contributed by atoms with van der Waals surface area (Å²) >= 11 is 0. The Bertz CT molecular complexity index is 738. The van der Waals surface area contributed by atoms with Gasteiger partial charge in [-0.05, 0) is 36.3 Å². The number of benzene rings is 2. The van der Waals surface area contributed by atoms with E-state index in [1.807, 2.05) is 21.9 Å². The summed E-state index contributed by atoms with van der Waals surface area (Å²) < 4.78 is 0. The van der Waals surface area contributed by atoms with Gasteiger partial charge < -0.3 is 10.6 Å². The summed E-state index contributed by atoms with van der Waals surface area (Å²) in [6, 6.07) is 20.8. The van der Waals surface area contributed by atoms with Crippen LogP contribution in [0, 0.1) is 5.92 Å². The number of amides is 2. The van der Waals surface area contributed by atoms with Crippen LogP contribution in [0.25, 0.3) is 0 Å². The van der Waals surface area contributed by atoms with Crippen LogP contribution in [0.4, 0.5) is 0 Å². The number of hydrogen-bond donors (Lipinski definition) is 1. The fourth-order valence-corrected chi connectivity index (χ4v) is 4.09. The standard InChI is InChI=1S/C24H31N3O2/c25-23(28)19-26-12-7-13-27(15-14-26)24(29)18-22(16-20-8-3-1-4-9-20)17-21-10-5-2-6-11-21/h1-6,8-11,22H,7,12-19H2,(H2,25,28). The molecule has 0 spiro atoms. The molecular formula is C24H31N3O2. The third-order valence-corrected chi connectivity index (χ3v) is 5.52. The van der Waals surface area contributed by atoms with Crippen LogP contribution in [0.1, 0.15) is 24.0 Å². The van der Waals surface area contributed by atoms with Crippen LogP contribution in [-0.2, 0) is 22.4 Å². The second-order valence-electron chi connectivity index (χ2n) is 7.93. The number of rotatable bonds is 8. The van der Waals surface area contributed by atoms with Crippen molar-refractivity contribution in [2.24, 2.45) is 11.7 Å². The van der Waals surface area contributed by atoms with E-state index in [2.05, 4.69) is 48.5 Å². The first-order valence-corrected chi connectivity index (χ1v) is 10.5. The lowest BCUT2D eigenvalue weighted by molar-refractivity contribution is -0.132. The highest BCUT2D eigenvalue weighted by atomic mass is 16.2. The molecule has 0 aliphatic carbocycles. The number of primary amides is 1. The van der Waals surface area contributed by atoms with E-state index in [9.17, 15) is 9.59 Å². The number of carbonyl (C=O) groups is 2. The molecule has 2 amide bonds. The first-order valence-electron chi connectivity index (χ1n) is 10.5. The van der Waals surface area contributed by atoms with Gasteiger partial charge in [-0.2, -0.15) is 0 Å². The second kappa shape index (κ2) is 10.8. The monoisotopic (exact) mass is 393 g/mol. The minimum atomic E-state index is -0.310. The molecule has 0 aromatic heterocycles. The van der Waals surface area contributed by atoms with E-state index in [1.165, 1.54) is 11.1 Å². The van der Waals surface area contributed by atoms with Gasteiger partial charge in [0.1, 0.15) is 0 Å². The number of nitrogens with two attached hydrogens (primary N) is 1. The maximum absolute atomic E-state index is 13.1. The molecule has 29 heavy (non-hydrogen) atoms. The van der Waals surface area contributed by atoms with Gasteiger partial charge >= 0.3 is 0 Å². The molecule has 0 unspecified atom stereocenters. The van der Waals surface area contributed by atoms with Gasteiger partial charge in [0.2, 0.25) is 11.8 Å². The SMILES string of the molecule is NC(=O)CN1CCCN(C(=O)CC(Cc2ccccc2)Cc2ccccc2)CC1. The molecule has 0 radical (unpaired) electrons. The molecule has 0 saturated carbocycles. The maximum Gasteiger partial charge on any atom is 0.231 e. The molecule has 0 atom stereocenters. The summed E-state index contributed by atoms with van der Waals surface area (Å²) in [6.45, 7) is 3.20. The fourth-order valence-electron chi connectivity index (χ4n) is 4.09. The molecule has 0 bridgehead atoms. The predicted octanol–water partition coefficient (Wildman–Crippen LogP) is 2.50. The quantitative estimate of drug-likeness (QED) is 0.749. The Morgan fingerprint density at radius 2 is 1.41 bits per heavy atom. The van der Waals surface area contributed by atoms with E-state index in [0.717, 1.165) is 32.4 Å². The zero-order valence-electron chi connectivity index (χ0n) is 17.0. The van der Waals surface area contributed by atoms with Crippen LogP contribution in [-0.4, -0.2) is 54.3 Å². The van der Waals surface area contributed by atoms with Crippen LogP contribution < -0.4 is 5.73 Å². The smallest absolute Gasteiger partial charge is 0.231 e. The van der Waals surface area contributed by atoms with Crippen LogP contribution in [0.2, 0.25) is 0 Å². The predicted molar refractivity (Wildman–Crippen MR) is 115 cm³/mol. The molecule has 2 aromatic carbocycles. The van der Waals surface area contributed by atoms with Crippen molar-refractivity contribution in [2.45, 2.75) is 25.7 Å². The van der Waals surface area contributed by atoms with Crippen molar-refractivity contribution in [3.63, 3.8) is 0 Å². The number of hydrogen-bond acceptors (Lipinski definition) is 3. The lowest BCUT2D eigenvalue weighted by atomic mass is 9.89. The van der Waals surface area contributed by atoms with Gasteiger partial charge in [-0.15, -0.1) is 0 Å². The Labute approximate surface area is 173 Å². The topological polar surface area (TPSA) is 66.6 Å². The highest BCUT2D eigenvalue weighted by Crippen LogP contribution is 2.20. The largest absolute Gasteiger partial charge is 0.369 e. The summed E-state index contributed by atoms with van der Waals surface area (Å²) in [4.78, 5) is 28.3. The lowest BCUT2D eigenvalue weighted by Gasteiger charge is -2.24. The minimum absolute atomic E-state index is 0.211.